The molecular weight excluding hydrogens is 272 g/mol. The summed E-state index contributed by atoms with van der Waals surface area (Å²) in [7, 11) is 0. The Morgan fingerprint density at radius 3 is 1.81 bits per heavy atom. The average molecular weight is 296 g/mol. The molecule has 0 fully saturated rings. The van der Waals surface area contributed by atoms with E-state index >= 15 is 0 Å². The summed E-state index contributed by atoms with van der Waals surface area (Å²) in [6.07, 6.45) is 0.936. The molecule has 1 aromatic carbocycles. The van der Waals surface area contributed by atoms with E-state index in [1.54, 1.807) is 0 Å². The van der Waals surface area contributed by atoms with E-state index in [4.69, 9.17) is 21.7 Å². The normalized spacial score (nSPS) is 13.0. The highest BCUT2D eigenvalue weighted by molar-refractivity contribution is 5.73. The predicted molar refractivity (Wildman–Crippen MR) is 80.8 cm³/mol. The molecule has 0 unspecified atom stereocenters. The van der Waals surface area contributed by atoms with E-state index in [9.17, 15) is 9.59 Å². The summed E-state index contributed by atoms with van der Waals surface area (Å²) in [6.45, 7) is 3.89. The summed E-state index contributed by atoms with van der Waals surface area (Å²) in [5.74, 6) is -1.52. The highest BCUT2D eigenvalue weighted by Gasteiger charge is 2.12. The molecule has 6 heteroatoms. The Labute approximate surface area is 124 Å². The quantitative estimate of drug-likeness (QED) is 0.622. The van der Waals surface area contributed by atoms with E-state index in [0.29, 0.717) is 18.8 Å². The first-order chi connectivity index (χ1) is 9.73. The number of nitrogens with two attached hydrogens (primary N) is 2. The van der Waals surface area contributed by atoms with Crippen LogP contribution in [0.15, 0.2) is 30.3 Å². The molecule has 0 aliphatic carbocycles. The fourth-order valence-electron chi connectivity index (χ4n) is 1.56. The topological polar surface area (TPSA) is 127 Å². The van der Waals surface area contributed by atoms with Crippen molar-refractivity contribution >= 4 is 11.9 Å². The summed E-state index contributed by atoms with van der Waals surface area (Å²) >= 11 is 0. The van der Waals surface area contributed by atoms with Crippen molar-refractivity contribution < 1.29 is 19.8 Å². The van der Waals surface area contributed by atoms with Gasteiger partial charge in [0.15, 0.2) is 0 Å². The zero-order valence-corrected chi connectivity index (χ0v) is 12.4. The lowest BCUT2D eigenvalue weighted by Crippen LogP contribution is -2.32. The first kappa shape index (κ1) is 19.1. The molecule has 6 N–H and O–H groups in total. The third kappa shape index (κ3) is 9.59. The van der Waals surface area contributed by atoms with Gasteiger partial charge in [-0.05, 0) is 24.3 Å². The van der Waals surface area contributed by atoms with Crippen molar-refractivity contribution in [3.8, 4) is 0 Å². The maximum Gasteiger partial charge on any atom is 0.320 e. The second-order valence-corrected chi connectivity index (χ2v) is 5.21. The molecule has 118 valence electrons. The molecule has 0 spiro atoms. The van der Waals surface area contributed by atoms with Crippen molar-refractivity contribution in [3.05, 3.63) is 35.9 Å². The summed E-state index contributed by atoms with van der Waals surface area (Å²) in [5, 5.41) is 16.8. The van der Waals surface area contributed by atoms with Gasteiger partial charge in [-0.1, -0.05) is 44.2 Å². The van der Waals surface area contributed by atoms with Gasteiger partial charge in [-0.3, -0.25) is 9.59 Å². The number of carboxylic acids is 2. The van der Waals surface area contributed by atoms with Crippen LogP contribution in [0.2, 0.25) is 0 Å². The Bertz CT molecular complexity index is 435. The predicted octanol–water partition coefficient (Wildman–Crippen LogP) is 1.09. The average Bonchev–Trinajstić information content (AvgIpc) is 2.39. The first-order valence-corrected chi connectivity index (χ1v) is 6.74. The Morgan fingerprint density at radius 1 is 1.00 bits per heavy atom. The van der Waals surface area contributed by atoms with Gasteiger partial charge in [0.1, 0.15) is 12.1 Å². The van der Waals surface area contributed by atoms with E-state index in [1.165, 1.54) is 0 Å². The van der Waals surface area contributed by atoms with Crippen LogP contribution in [0.3, 0.4) is 0 Å². The second-order valence-electron chi connectivity index (χ2n) is 5.21. The highest BCUT2D eigenvalue weighted by atomic mass is 16.4. The number of benzene rings is 1. The van der Waals surface area contributed by atoms with Gasteiger partial charge in [0.05, 0.1) is 0 Å². The molecule has 0 aliphatic rings. The monoisotopic (exact) mass is 296 g/mol. The number of hydrogen-bond acceptors (Lipinski definition) is 4. The van der Waals surface area contributed by atoms with Crippen LogP contribution in [0, 0.1) is 5.92 Å². The van der Waals surface area contributed by atoms with Gasteiger partial charge in [-0.2, -0.15) is 0 Å². The fraction of sp³-hybridized carbons (Fsp3) is 0.467. The van der Waals surface area contributed by atoms with Gasteiger partial charge in [0, 0.05) is 0 Å². The molecule has 1 rings (SSSR count). The van der Waals surface area contributed by atoms with Crippen LogP contribution in [-0.4, -0.2) is 34.2 Å². The number of carbonyl (C=O) groups is 2. The molecule has 0 radical (unpaired) electrons. The van der Waals surface area contributed by atoms with Gasteiger partial charge in [-0.25, -0.2) is 0 Å². The zero-order chi connectivity index (χ0) is 16.4. The van der Waals surface area contributed by atoms with Crippen LogP contribution in [0.5, 0.6) is 0 Å². The van der Waals surface area contributed by atoms with Crippen LogP contribution in [-0.2, 0) is 16.0 Å². The van der Waals surface area contributed by atoms with Crippen LogP contribution < -0.4 is 11.5 Å². The number of aliphatic carboxylic acids is 2. The third-order valence-corrected chi connectivity index (χ3v) is 2.66. The Hall–Kier alpha value is -1.92. The largest absolute Gasteiger partial charge is 0.480 e. The maximum atomic E-state index is 10.4. The third-order valence-electron chi connectivity index (χ3n) is 2.66. The minimum Gasteiger partial charge on any atom is -0.480 e. The lowest BCUT2D eigenvalue weighted by Gasteiger charge is -2.07. The molecule has 2 atom stereocenters. The summed E-state index contributed by atoms with van der Waals surface area (Å²) in [6, 6.07) is 7.85. The van der Waals surface area contributed by atoms with Crippen molar-refractivity contribution in [2.45, 2.75) is 38.8 Å². The lowest BCUT2D eigenvalue weighted by atomic mass is 10.1. The van der Waals surface area contributed by atoms with Crippen molar-refractivity contribution in [2.24, 2.45) is 17.4 Å². The van der Waals surface area contributed by atoms with E-state index in [1.807, 2.05) is 44.2 Å². The Kier molecular flexibility index (Phi) is 9.00. The van der Waals surface area contributed by atoms with Crippen LogP contribution in [0.25, 0.3) is 0 Å². The van der Waals surface area contributed by atoms with E-state index in [-0.39, 0.29) is 0 Å². The van der Waals surface area contributed by atoms with Crippen LogP contribution in [0.1, 0.15) is 25.8 Å². The Morgan fingerprint density at radius 2 is 1.48 bits per heavy atom. The molecule has 0 amide bonds. The molecular formula is C15H24N2O4. The van der Waals surface area contributed by atoms with Crippen molar-refractivity contribution in [1.29, 1.82) is 0 Å². The maximum absolute atomic E-state index is 10.4. The summed E-state index contributed by atoms with van der Waals surface area (Å²) < 4.78 is 0. The molecule has 6 nitrogen and oxygen atoms in total. The highest BCUT2D eigenvalue weighted by Crippen LogP contribution is 2.02. The summed E-state index contributed by atoms with van der Waals surface area (Å²) in [5.41, 5.74) is 11.5. The van der Waals surface area contributed by atoms with Gasteiger partial charge in [0.2, 0.25) is 0 Å². The number of carboxylic acid groups (broad SMARTS) is 2. The molecule has 0 saturated heterocycles. The molecule has 21 heavy (non-hydrogen) atoms. The first-order valence-electron chi connectivity index (χ1n) is 6.74. The van der Waals surface area contributed by atoms with Crippen LogP contribution >= 0.6 is 0 Å². The minimum absolute atomic E-state index is 0.357. The van der Waals surface area contributed by atoms with Gasteiger partial charge >= 0.3 is 11.9 Å². The minimum atomic E-state index is -0.959. The molecule has 0 bridgehead atoms. The number of rotatable bonds is 6. The lowest BCUT2D eigenvalue weighted by molar-refractivity contribution is -0.139. The van der Waals surface area contributed by atoms with Crippen molar-refractivity contribution in [2.75, 3.05) is 0 Å². The van der Waals surface area contributed by atoms with Gasteiger partial charge < -0.3 is 21.7 Å². The molecule has 0 saturated carbocycles. The summed E-state index contributed by atoms with van der Waals surface area (Å²) in [4.78, 5) is 20.5. The number of hydrogen-bond donors (Lipinski definition) is 4. The standard InChI is InChI=1S/C9H11NO2.C6H13NO2/c10-8(9(11)12)6-7-4-2-1-3-5-7;1-4(2)3-5(7)6(8)9/h1-5,8H,6,10H2,(H,11,12);4-5H,3,7H2,1-2H3,(H,8,9)/t8-;5-/m11/s1. The van der Waals surface area contributed by atoms with E-state index in [0.717, 1.165) is 5.56 Å². The van der Waals surface area contributed by atoms with E-state index < -0.39 is 24.0 Å². The Balaban J connectivity index is 0.000000400. The van der Waals surface area contributed by atoms with Crippen LogP contribution in [0.4, 0.5) is 0 Å². The molecule has 0 aliphatic heterocycles. The second kappa shape index (κ2) is 9.90. The molecule has 1 aromatic rings. The molecule has 0 heterocycles. The fourth-order valence-corrected chi connectivity index (χ4v) is 1.56. The van der Waals surface area contributed by atoms with Crippen molar-refractivity contribution in [1.82, 2.24) is 0 Å². The smallest absolute Gasteiger partial charge is 0.320 e. The molecule has 0 aromatic heterocycles. The van der Waals surface area contributed by atoms with E-state index in [2.05, 4.69) is 0 Å². The van der Waals surface area contributed by atoms with Gasteiger partial charge in [-0.15, -0.1) is 0 Å². The zero-order valence-electron chi connectivity index (χ0n) is 12.4. The van der Waals surface area contributed by atoms with Crippen molar-refractivity contribution in [3.63, 3.8) is 0 Å². The SMILES string of the molecule is CC(C)C[C@@H](N)C(=O)O.N[C@H](Cc1ccccc1)C(=O)O. The van der Waals surface area contributed by atoms with Gasteiger partial charge in [0.25, 0.3) is 0 Å².